The quantitative estimate of drug-likeness (QED) is 0.718. The van der Waals surface area contributed by atoms with E-state index in [2.05, 4.69) is 10.3 Å². The van der Waals surface area contributed by atoms with Gasteiger partial charge < -0.3 is 19.9 Å². The van der Waals surface area contributed by atoms with Crippen molar-refractivity contribution in [1.82, 2.24) is 4.98 Å². The number of methoxy groups -OCH3 is 1. The van der Waals surface area contributed by atoms with Crippen LogP contribution in [-0.4, -0.2) is 41.4 Å². The average Bonchev–Trinajstić information content (AvgIpc) is 3.20. The molecule has 31 heavy (non-hydrogen) atoms. The second-order valence-corrected chi connectivity index (χ2v) is 8.24. The monoisotopic (exact) mass is 438 g/mol. The first-order valence-corrected chi connectivity index (χ1v) is 9.65. The van der Waals surface area contributed by atoms with Crippen molar-refractivity contribution in [2.45, 2.75) is 42.7 Å². The molecule has 1 aliphatic carbocycles. The third kappa shape index (κ3) is 2.71. The number of pyridine rings is 1. The predicted molar refractivity (Wildman–Crippen MR) is 98.8 cm³/mol. The molecule has 5 atom stereocenters. The molecule has 5 rings (SSSR count). The zero-order chi connectivity index (χ0) is 22.2. The van der Waals surface area contributed by atoms with Crippen molar-refractivity contribution in [1.29, 1.82) is 0 Å². The zero-order valence-corrected chi connectivity index (χ0v) is 16.2. The van der Waals surface area contributed by atoms with Gasteiger partial charge in [-0.15, -0.1) is 0 Å². The summed E-state index contributed by atoms with van der Waals surface area (Å²) in [6.07, 6.45) is -4.69. The Morgan fingerprint density at radius 2 is 2.10 bits per heavy atom. The van der Waals surface area contributed by atoms with Crippen molar-refractivity contribution in [3.8, 4) is 5.88 Å². The number of rotatable bonds is 4. The number of benzene rings is 1. The van der Waals surface area contributed by atoms with Gasteiger partial charge in [0.1, 0.15) is 5.82 Å². The Morgan fingerprint density at radius 1 is 1.32 bits per heavy atom. The van der Waals surface area contributed by atoms with Crippen molar-refractivity contribution >= 4 is 11.6 Å². The van der Waals surface area contributed by atoms with Gasteiger partial charge in [-0.05, 0) is 36.2 Å². The van der Waals surface area contributed by atoms with Gasteiger partial charge in [-0.25, -0.2) is 9.37 Å². The number of hydrogen-bond donors (Lipinski definition) is 2. The molecule has 0 radical (unpaired) electrons. The molecule has 2 aliphatic heterocycles. The second-order valence-electron chi connectivity index (χ2n) is 8.24. The van der Waals surface area contributed by atoms with Gasteiger partial charge in [-0.2, -0.15) is 13.2 Å². The number of halogens is 4. The minimum Gasteiger partial charge on any atom is -0.481 e. The zero-order valence-electron chi connectivity index (χ0n) is 16.2. The molecule has 0 unspecified atom stereocenters. The van der Waals surface area contributed by atoms with Crippen molar-refractivity contribution < 1.29 is 36.9 Å². The fraction of sp³-hybridized carbons (Fsp3) is 0.429. The Morgan fingerprint density at radius 3 is 2.81 bits per heavy atom. The Bertz CT molecular complexity index is 1080. The van der Waals surface area contributed by atoms with Crippen molar-refractivity contribution in [3.63, 3.8) is 0 Å². The van der Waals surface area contributed by atoms with Crippen LogP contribution in [0.2, 0.25) is 0 Å². The molecular weight excluding hydrogens is 420 g/mol. The highest BCUT2D eigenvalue weighted by Gasteiger charge is 2.87. The van der Waals surface area contributed by atoms with Crippen LogP contribution in [0.3, 0.4) is 0 Å². The SMILES string of the molecule is COc1cc([C@@]23C[C@]2(C(=O)Nc2cc(F)cc(C(F)(F)F)c2)[C@H]2C[C@H](O)[C@@H]3O2)ccn1. The van der Waals surface area contributed by atoms with Gasteiger partial charge in [0, 0.05) is 29.8 Å². The number of fused-ring (bicyclic) bond motifs is 5. The van der Waals surface area contributed by atoms with Crippen LogP contribution in [0.1, 0.15) is 24.0 Å². The van der Waals surface area contributed by atoms with Gasteiger partial charge in [0.15, 0.2) is 0 Å². The predicted octanol–water partition coefficient (Wildman–Crippen LogP) is 3.05. The van der Waals surface area contributed by atoms with Crippen LogP contribution >= 0.6 is 0 Å². The Kier molecular flexibility index (Phi) is 4.17. The van der Waals surface area contributed by atoms with E-state index in [0.29, 0.717) is 30.0 Å². The summed E-state index contributed by atoms with van der Waals surface area (Å²) in [6.45, 7) is 0. The molecule has 3 heterocycles. The van der Waals surface area contributed by atoms with E-state index in [1.165, 1.54) is 13.3 Å². The van der Waals surface area contributed by atoms with E-state index in [1.54, 1.807) is 12.1 Å². The summed E-state index contributed by atoms with van der Waals surface area (Å²) < 4.78 is 64.0. The van der Waals surface area contributed by atoms with E-state index < -0.39 is 52.6 Å². The Labute approximate surface area is 174 Å². The van der Waals surface area contributed by atoms with Crippen molar-refractivity contribution in [2.75, 3.05) is 12.4 Å². The van der Waals surface area contributed by atoms with Crippen LogP contribution < -0.4 is 10.1 Å². The van der Waals surface area contributed by atoms with Gasteiger partial charge in [0.05, 0.1) is 36.4 Å². The van der Waals surface area contributed by atoms with Crippen molar-refractivity contribution in [2.24, 2.45) is 5.41 Å². The maximum Gasteiger partial charge on any atom is 0.416 e. The van der Waals surface area contributed by atoms with Crippen LogP contribution in [0.5, 0.6) is 5.88 Å². The van der Waals surface area contributed by atoms with Gasteiger partial charge in [0.25, 0.3) is 0 Å². The number of amides is 1. The second kappa shape index (κ2) is 6.39. The van der Waals surface area contributed by atoms with Crippen molar-refractivity contribution in [3.05, 3.63) is 53.5 Å². The lowest BCUT2D eigenvalue weighted by Crippen LogP contribution is -2.44. The van der Waals surface area contributed by atoms with Gasteiger partial charge in [-0.3, -0.25) is 4.79 Å². The molecule has 2 bridgehead atoms. The molecule has 2 saturated heterocycles. The van der Waals surface area contributed by atoms with E-state index in [4.69, 9.17) is 9.47 Å². The minimum absolute atomic E-state index is 0.235. The van der Waals surface area contributed by atoms with Crippen LogP contribution in [0, 0.1) is 11.2 Å². The van der Waals surface area contributed by atoms with Crippen LogP contribution in [-0.2, 0) is 21.1 Å². The lowest BCUT2D eigenvalue weighted by molar-refractivity contribution is -0.137. The summed E-state index contributed by atoms with van der Waals surface area (Å²) in [5, 5.41) is 12.9. The average molecular weight is 438 g/mol. The normalized spacial score (nSPS) is 33.2. The molecule has 2 aromatic rings. The van der Waals surface area contributed by atoms with E-state index in [-0.39, 0.29) is 12.1 Å². The summed E-state index contributed by atoms with van der Waals surface area (Å²) in [6, 6.07) is 5.27. The lowest BCUT2D eigenvalue weighted by atomic mass is 9.74. The largest absolute Gasteiger partial charge is 0.481 e. The van der Waals surface area contributed by atoms with Crippen LogP contribution in [0.4, 0.5) is 23.2 Å². The lowest BCUT2D eigenvalue weighted by Gasteiger charge is -2.29. The minimum atomic E-state index is -4.75. The molecule has 1 aromatic heterocycles. The number of nitrogens with zero attached hydrogens (tertiary/aromatic N) is 1. The number of aliphatic hydroxyl groups is 1. The van der Waals surface area contributed by atoms with Gasteiger partial charge in [0.2, 0.25) is 11.8 Å². The molecule has 6 nitrogen and oxygen atoms in total. The smallest absolute Gasteiger partial charge is 0.416 e. The number of ether oxygens (including phenoxy) is 2. The first-order valence-electron chi connectivity index (χ1n) is 9.65. The molecule has 164 valence electrons. The maximum atomic E-state index is 13.8. The topological polar surface area (TPSA) is 80.7 Å². The summed E-state index contributed by atoms with van der Waals surface area (Å²) in [5.74, 6) is -1.35. The first-order chi connectivity index (χ1) is 14.6. The highest BCUT2D eigenvalue weighted by Crippen LogP contribution is 2.77. The number of carbonyl (C=O) groups is 1. The fourth-order valence-corrected chi connectivity index (χ4v) is 5.40. The molecule has 1 amide bonds. The highest BCUT2D eigenvalue weighted by molar-refractivity contribution is 6.01. The van der Waals surface area contributed by atoms with E-state index >= 15 is 0 Å². The fourth-order valence-electron chi connectivity index (χ4n) is 5.40. The molecule has 1 saturated carbocycles. The standard InChI is InChI=1S/C21H18F4N2O4/c1-30-16-6-10(2-3-26-16)19-9-20(19,15-8-14(28)17(19)31-15)18(29)27-13-5-11(21(23,24)25)4-12(22)7-13/h2-7,14-15,17,28H,8-9H2,1H3,(H,27,29)/t14-,15+,17-,19+,20+/m0/s1. The maximum absolute atomic E-state index is 13.8. The van der Waals surface area contributed by atoms with Gasteiger partial charge >= 0.3 is 6.18 Å². The number of anilines is 1. The summed E-state index contributed by atoms with van der Waals surface area (Å²) in [5.41, 5.74) is -2.75. The third-order valence-electron chi connectivity index (χ3n) is 6.73. The molecule has 3 aliphatic rings. The molecule has 3 fully saturated rings. The summed E-state index contributed by atoms with van der Waals surface area (Å²) in [7, 11) is 1.45. The number of carbonyl (C=O) groups excluding carboxylic acids is 1. The molecule has 0 spiro atoms. The number of alkyl halides is 3. The van der Waals surface area contributed by atoms with Gasteiger partial charge in [-0.1, -0.05) is 0 Å². The number of aliphatic hydroxyl groups excluding tert-OH is 1. The molecular formula is C21H18F4N2O4. The number of aromatic nitrogens is 1. The van der Waals surface area contributed by atoms with E-state index in [9.17, 15) is 27.5 Å². The third-order valence-corrected chi connectivity index (χ3v) is 6.73. The molecule has 2 N–H and O–H groups in total. The Balaban J connectivity index is 1.51. The first kappa shape index (κ1) is 20.2. The van der Waals surface area contributed by atoms with Crippen LogP contribution in [0.25, 0.3) is 0 Å². The summed E-state index contributed by atoms with van der Waals surface area (Å²) in [4.78, 5) is 17.4. The molecule has 1 aromatic carbocycles. The number of nitrogens with one attached hydrogen (secondary N) is 1. The summed E-state index contributed by atoms with van der Waals surface area (Å²) >= 11 is 0. The molecule has 10 heteroatoms. The number of hydrogen-bond acceptors (Lipinski definition) is 5. The van der Waals surface area contributed by atoms with Crippen LogP contribution in [0.15, 0.2) is 36.5 Å². The Hall–Kier alpha value is -2.72. The highest BCUT2D eigenvalue weighted by atomic mass is 19.4. The van der Waals surface area contributed by atoms with E-state index in [0.717, 1.165) is 6.07 Å². The van der Waals surface area contributed by atoms with E-state index in [1.807, 2.05) is 0 Å².